The Bertz CT molecular complexity index is 779. The molecule has 2 aromatic carbocycles. The number of anilines is 2. The molecule has 1 saturated heterocycles. The van der Waals surface area contributed by atoms with Crippen molar-refractivity contribution in [3.05, 3.63) is 53.6 Å². The Kier molecular flexibility index (Phi) is 7.39. The van der Waals surface area contributed by atoms with Gasteiger partial charge < -0.3 is 14.4 Å². The Morgan fingerprint density at radius 1 is 1.07 bits per heavy atom. The zero-order valence-electron chi connectivity index (χ0n) is 16.1. The summed E-state index contributed by atoms with van der Waals surface area (Å²) in [6, 6.07) is 15.2. The molecule has 150 valence electrons. The monoisotopic (exact) mass is 403 g/mol. The highest BCUT2D eigenvalue weighted by Crippen LogP contribution is 2.26. The molecule has 1 aliphatic heterocycles. The number of nitrogens with one attached hydrogen (secondary N) is 1. The van der Waals surface area contributed by atoms with Crippen LogP contribution in [0.15, 0.2) is 48.5 Å². The van der Waals surface area contributed by atoms with Gasteiger partial charge in [0.15, 0.2) is 0 Å². The van der Waals surface area contributed by atoms with Gasteiger partial charge in [-0.05, 0) is 30.7 Å². The molecule has 6 nitrogen and oxygen atoms in total. The van der Waals surface area contributed by atoms with E-state index in [9.17, 15) is 4.79 Å². The van der Waals surface area contributed by atoms with Gasteiger partial charge in [-0.1, -0.05) is 35.9 Å². The van der Waals surface area contributed by atoms with Gasteiger partial charge in [-0.25, -0.2) is 4.79 Å². The van der Waals surface area contributed by atoms with Crippen LogP contribution in [0.1, 0.15) is 6.42 Å². The van der Waals surface area contributed by atoms with Crippen LogP contribution in [-0.4, -0.2) is 57.4 Å². The minimum absolute atomic E-state index is 0.381. The SMILES string of the molecule is COc1ccccc1NC(=O)OCCCN1CCN(c2ccccc2Cl)CC1. The Hall–Kier alpha value is -2.44. The lowest BCUT2D eigenvalue weighted by molar-refractivity contribution is 0.151. The first kappa shape index (κ1) is 20.3. The van der Waals surface area contributed by atoms with Crippen LogP contribution in [0.4, 0.5) is 16.2 Å². The summed E-state index contributed by atoms with van der Waals surface area (Å²) in [5.41, 5.74) is 1.70. The molecule has 0 spiro atoms. The quantitative estimate of drug-likeness (QED) is 0.705. The van der Waals surface area contributed by atoms with E-state index < -0.39 is 6.09 Å². The molecule has 1 fully saturated rings. The van der Waals surface area contributed by atoms with E-state index in [0.717, 1.165) is 49.9 Å². The first-order chi connectivity index (χ1) is 13.7. The minimum Gasteiger partial charge on any atom is -0.495 e. The third-order valence-electron chi connectivity index (χ3n) is 4.76. The van der Waals surface area contributed by atoms with Crippen LogP contribution in [0.2, 0.25) is 5.02 Å². The van der Waals surface area contributed by atoms with Crippen LogP contribution in [0.5, 0.6) is 5.75 Å². The zero-order valence-corrected chi connectivity index (χ0v) is 16.8. The maximum Gasteiger partial charge on any atom is 0.411 e. The Labute approximate surface area is 171 Å². The van der Waals surface area contributed by atoms with Gasteiger partial charge in [0.2, 0.25) is 0 Å². The maximum absolute atomic E-state index is 11.9. The molecule has 1 aliphatic rings. The van der Waals surface area contributed by atoms with Crippen LogP contribution in [-0.2, 0) is 4.74 Å². The Morgan fingerprint density at radius 3 is 2.54 bits per heavy atom. The number of nitrogens with zero attached hydrogens (tertiary/aromatic N) is 2. The van der Waals surface area contributed by atoms with Crippen molar-refractivity contribution in [2.45, 2.75) is 6.42 Å². The predicted molar refractivity (Wildman–Crippen MR) is 113 cm³/mol. The van der Waals surface area contributed by atoms with Gasteiger partial charge in [-0.3, -0.25) is 10.2 Å². The van der Waals surface area contributed by atoms with Crippen LogP contribution in [0.25, 0.3) is 0 Å². The summed E-state index contributed by atoms with van der Waals surface area (Å²) in [6.07, 6.45) is 0.332. The second kappa shape index (κ2) is 10.2. The first-order valence-corrected chi connectivity index (χ1v) is 9.84. The lowest BCUT2D eigenvalue weighted by Gasteiger charge is -2.36. The highest BCUT2D eigenvalue weighted by atomic mass is 35.5. The van der Waals surface area contributed by atoms with Crippen molar-refractivity contribution in [2.24, 2.45) is 0 Å². The van der Waals surface area contributed by atoms with E-state index in [1.54, 1.807) is 19.2 Å². The summed E-state index contributed by atoms with van der Waals surface area (Å²) in [6.45, 7) is 5.11. The summed E-state index contributed by atoms with van der Waals surface area (Å²) in [5, 5.41) is 3.51. The smallest absolute Gasteiger partial charge is 0.411 e. The third kappa shape index (κ3) is 5.53. The fraction of sp³-hybridized carbons (Fsp3) is 0.381. The molecule has 0 saturated carbocycles. The van der Waals surface area contributed by atoms with Crippen LogP contribution < -0.4 is 15.0 Å². The van der Waals surface area contributed by atoms with E-state index in [1.165, 1.54) is 0 Å². The van der Waals surface area contributed by atoms with Gasteiger partial charge in [0.1, 0.15) is 5.75 Å². The average molecular weight is 404 g/mol. The second-order valence-electron chi connectivity index (χ2n) is 6.59. The number of carbonyl (C=O) groups is 1. The number of methoxy groups -OCH3 is 1. The molecule has 0 bridgehead atoms. The van der Waals surface area contributed by atoms with Crippen molar-refractivity contribution in [1.29, 1.82) is 0 Å². The van der Waals surface area contributed by atoms with Crippen molar-refractivity contribution in [2.75, 3.05) is 56.7 Å². The molecular formula is C21H26ClN3O3. The number of halogens is 1. The highest BCUT2D eigenvalue weighted by molar-refractivity contribution is 6.33. The molecule has 7 heteroatoms. The molecule has 0 radical (unpaired) electrons. The van der Waals surface area contributed by atoms with E-state index in [4.69, 9.17) is 21.1 Å². The number of para-hydroxylation sites is 3. The minimum atomic E-state index is -0.465. The molecule has 1 amide bonds. The van der Waals surface area contributed by atoms with Gasteiger partial charge >= 0.3 is 6.09 Å². The number of piperazine rings is 1. The van der Waals surface area contributed by atoms with Crippen molar-refractivity contribution >= 4 is 29.1 Å². The van der Waals surface area contributed by atoms with Crippen LogP contribution in [0.3, 0.4) is 0 Å². The molecule has 1 N–H and O–H groups in total. The van der Waals surface area contributed by atoms with E-state index >= 15 is 0 Å². The average Bonchev–Trinajstić information content (AvgIpc) is 2.72. The number of carbonyl (C=O) groups excluding carboxylic acids is 1. The molecule has 0 aromatic heterocycles. The number of benzene rings is 2. The summed E-state index contributed by atoms with van der Waals surface area (Å²) in [4.78, 5) is 16.6. The lowest BCUT2D eigenvalue weighted by atomic mass is 10.2. The van der Waals surface area contributed by atoms with E-state index in [0.29, 0.717) is 18.0 Å². The summed E-state index contributed by atoms with van der Waals surface area (Å²) in [5.74, 6) is 0.607. The van der Waals surface area contributed by atoms with Crippen molar-refractivity contribution in [3.63, 3.8) is 0 Å². The summed E-state index contributed by atoms with van der Waals surface area (Å²) in [7, 11) is 1.57. The predicted octanol–water partition coefficient (Wildman–Crippen LogP) is 4.11. The number of hydrogen-bond donors (Lipinski definition) is 1. The van der Waals surface area contributed by atoms with Gasteiger partial charge in [0, 0.05) is 32.7 Å². The van der Waals surface area contributed by atoms with Crippen LogP contribution >= 0.6 is 11.6 Å². The summed E-state index contributed by atoms with van der Waals surface area (Å²) < 4.78 is 10.5. The molecule has 0 atom stereocenters. The maximum atomic E-state index is 11.9. The number of rotatable bonds is 7. The summed E-state index contributed by atoms with van der Waals surface area (Å²) >= 11 is 6.29. The molecule has 3 rings (SSSR count). The lowest BCUT2D eigenvalue weighted by Crippen LogP contribution is -2.46. The topological polar surface area (TPSA) is 54.0 Å². The van der Waals surface area contributed by atoms with Gasteiger partial charge in [0.05, 0.1) is 30.1 Å². The fourth-order valence-electron chi connectivity index (χ4n) is 3.27. The van der Waals surface area contributed by atoms with Crippen LogP contribution in [0, 0.1) is 0 Å². The zero-order chi connectivity index (χ0) is 19.8. The number of hydrogen-bond acceptors (Lipinski definition) is 5. The standard InChI is InChI=1S/C21H26ClN3O3/c1-27-20-10-5-3-8-18(20)23-21(26)28-16-6-11-24-12-14-25(15-13-24)19-9-4-2-7-17(19)22/h2-5,7-10H,6,11-16H2,1H3,(H,23,26). The van der Waals surface area contributed by atoms with Gasteiger partial charge in [-0.15, -0.1) is 0 Å². The molecule has 0 aliphatic carbocycles. The third-order valence-corrected chi connectivity index (χ3v) is 5.08. The van der Waals surface area contributed by atoms with E-state index in [2.05, 4.69) is 21.2 Å². The fourth-order valence-corrected chi connectivity index (χ4v) is 3.52. The van der Waals surface area contributed by atoms with E-state index in [-0.39, 0.29) is 0 Å². The molecule has 2 aromatic rings. The Morgan fingerprint density at radius 2 is 1.79 bits per heavy atom. The molecule has 0 unspecified atom stereocenters. The normalized spacial score (nSPS) is 14.6. The molecule has 1 heterocycles. The first-order valence-electron chi connectivity index (χ1n) is 9.46. The largest absolute Gasteiger partial charge is 0.495 e. The molecular weight excluding hydrogens is 378 g/mol. The number of amides is 1. The van der Waals surface area contributed by atoms with Crippen molar-refractivity contribution < 1.29 is 14.3 Å². The van der Waals surface area contributed by atoms with E-state index in [1.807, 2.05) is 30.3 Å². The van der Waals surface area contributed by atoms with Crippen molar-refractivity contribution in [1.82, 2.24) is 4.90 Å². The number of ether oxygens (including phenoxy) is 2. The highest BCUT2D eigenvalue weighted by Gasteiger charge is 2.18. The van der Waals surface area contributed by atoms with Gasteiger partial charge in [-0.2, -0.15) is 0 Å². The van der Waals surface area contributed by atoms with Crippen molar-refractivity contribution in [3.8, 4) is 5.75 Å². The second-order valence-corrected chi connectivity index (χ2v) is 7.00. The van der Waals surface area contributed by atoms with Gasteiger partial charge in [0.25, 0.3) is 0 Å². The Balaban J connectivity index is 1.34. The molecule has 28 heavy (non-hydrogen) atoms.